The second-order valence-corrected chi connectivity index (χ2v) is 10.9. The van der Waals surface area contributed by atoms with E-state index in [2.05, 4.69) is 6.66 Å². The molecule has 0 bridgehead atoms. The van der Waals surface area contributed by atoms with Crippen molar-refractivity contribution >= 4 is 6.83 Å². The Morgan fingerprint density at radius 2 is 1.42 bits per heavy atom. The summed E-state index contributed by atoms with van der Waals surface area (Å²) in [6, 6.07) is 0. The van der Waals surface area contributed by atoms with Gasteiger partial charge >= 0.3 is 75.2 Å². The van der Waals surface area contributed by atoms with E-state index in [0.717, 1.165) is 6.61 Å². The van der Waals surface area contributed by atoms with E-state index in [-0.39, 0.29) is 0 Å². The zero-order valence-electron chi connectivity index (χ0n) is 8.22. The normalized spacial score (nSPS) is 36.9. The second-order valence-electron chi connectivity index (χ2n) is 4.96. The maximum absolute atomic E-state index is 6.22. The van der Waals surface area contributed by atoms with Crippen LogP contribution in [0.25, 0.3) is 0 Å². The van der Waals surface area contributed by atoms with Gasteiger partial charge in [0, 0.05) is 0 Å². The van der Waals surface area contributed by atoms with Gasteiger partial charge < -0.3 is 0 Å². The van der Waals surface area contributed by atoms with Crippen LogP contribution in [0.15, 0.2) is 0 Å². The van der Waals surface area contributed by atoms with Crippen LogP contribution >= 0.6 is 6.83 Å². The number of rotatable bonds is 0. The molecular weight excluding hydrogens is 167 g/mol. The number of hydrogen-bond donors (Lipinski definition) is 0. The predicted octanol–water partition coefficient (Wildman–Crippen LogP) is 3.08. The molecule has 2 aliphatic heterocycles. The van der Waals surface area contributed by atoms with Crippen LogP contribution in [0.3, 0.4) is 0 Å². The summed E-state index contributed by atoms with van der Waals surface area (Å²) < 4.78 is 6.22. The first kappa shape index (κ1) is 8.97. The molecule has 1 nitrogen and oxygen atoms in total. The van der Waals surface area contributed by atoms with Crippen molar-refractivity contribution in [2.45, 2.75) is 32.1 Å². The summed E-state index contributed by atoms with van der Waals surface area (Å²) in [5.41, 5.74) is 0. The van der Waals surface area contributed by atoms with Crippen molar-refractivity contribution in [1.29, 1.82) is 0 Å². The molecule has 12 heavy (non-hydrogen) atoms. The molecule has 0 aromatic heterocycles. The van der Waals surface area contributed by atoms with Gasteiger partial charge in [-0.15, -0.1) is 0 Å². The molecule has 0 aliphatic carbocycles. The van der Waals surface area contributed by atoms with E-state index in [0.29, 0.717) is 0 Å². The molecule has 0 unspecified atom stereocenters. The first-order valence-electron chi connectivity index (χ1n) is 5.37. The first-order valence-corrected chi connectivity index (χ1v) is 8.52. The molecule has 0 aromatic carbocycles. The monoisotopic (exact) mass is 188 g/mol. The fourth-order valence-corrected chi connectivity index (χ4v) is 7.94. The molecule has 2 aliphatic rings. The molecule has 2 rings (SSSR count). The van der Waals surface area contributed by atoms with Gasteiger partial charge in [0.1, 0.15) is 0 Å². The Morgan fingerprint density at radius 1 is 0.833 bits per heavy atom. The summed E-state index contributed by atoms with van der Waals surface area (Å²) >= 11 is 0. The third-order valence-electron chi connectivity index (χ3n) is 3.76. The van der Waals surface area contributed by atoms with E-state index in [1.807, 2.05) is 0 Å². The van der Waals surface area contributed by atoms with Crippen LogP contribution in [-0.2, 0) is 4.52 Å². The van der Waals surface area contributed by atoms with Gasteiger partial charge in [-0.2, -0.15) is 0 Å². The van der Waals surface area contributed by atoms with Crippen molar-refractivity contribution in [3.05, 3.63) is 0 Å². The van der Waals surface area contributed by atoms with Gasteiger partial charge in [0.15, 0.2) is 0 Å². The molecule has 1 spiro atoms. The Hall–Kier alpha value is 0.390. The van der Waals surface area contributed by atoms with Gasteiger partial charge in [0.2, 0.25) is 0 Å². The van der Waals surface area contributed by atoms with Gasteiger partial charge in [-0.3, -0.25) is 0 Å². The molecule has 0 saturated carbocycles. The van der Waals surface area contributed by atoms with Gasteiger partial charge in [-0.25, -0.2) is 0 Å². The van der Waals surface area contributed by atoms with Crippen molar-refractivity contribution in [2.24, 2.45) is 0 Å². The van der Waals surface area contributed by atoms with E-state index >= 15 is 0 Å². The fourth-order valence-electron chi connectivity index (χ4n) is 2.83. The van der Waals surface area contributed by atoms with Crippen LogP contribution < -0.4 is 0 Å². The van der Waals surface area contributed by atoms with E-state index in [1.165, 1.54) is 50.6 Å². The Morgan fingerprint density at radius 3 is 2.00 bits per heavy atom. The summed E-state index contributed by atoms with van der Waals surface area (Å²) in [5, 5.41) is 0. The molecule has 2 heterocycles. The molecule has 0 aromatic rings. The molecule has 0 radical (unpaired) electrons. The van der Waals surface area contributed by atoms with Crippen LogP contribution in [0.1, 0.15) is 32.1 Å². The minimum atomic E-state index is -1.54. The summed E-state index contributed by atoms with van der Waals surface area (Å²) in [5.74, 6) is 0. The minimum absolute atomic E-state index is 1.06. The van der Waals surface area contributed by atoms with Gasteiger partial charge in [-0.1, -0.05) is 0 Å². The van der Waals surface area contributed by atoms with E-state index in [4.69, 9.17) is 4.52 Å². The van der Waals surface area contributed by atoms with Crippen molar-refractivity contribution in [1.82, 2.24) is 0 Å². The summed E-state index contributed by atoms with van der Waals surface area (Å²) in [6.45, 7) is 2.03. The topological polar surface area (TPSA) is 9.23 Å². The Bertz CT molecular complexity index is 141. The molecule has 2 heteroatoms. The molecule has 0 amide bonds. The SMILES string of the molecule is CP12(CCCCC1)CCCCO2. The van der Waals surface area contributed by atoms with Crippen molar-refractivity contribution < 1.29 is 4.52 Å². The van der Waals surface area contributed by atoms with Crippen molar-refractivity contribution in [3.63, 3.8) is 0 Å². The molecule has 2 fully saturated rings. The zero-order chi connectivity index (χ0) is 8.52. The van der Waals surface area contributed by atoms with Gasteiger partial charge in [0.25, 0.3) is 0 Å². The van der Waals surface area contributed by atoms with Crippen LogP contribution in [0.4, 0.5) is 0 Å². The van der Waals surface area contributed by atoms with E-state index < -0.39 is 6.83 Å². The number of hydrogen-bond acceptors (Lipinski definition) is 1. The van der Waals surface area contributed by atoms with E-state index in [9.17, 15) is 0 Å². The quantitative estimate of drug-likeness (QED) is 0.531. The second kappa shape index (κ2) is 2.96. The fraction of sp³-hybridized carbons (Fsp3) is 1.00. The Balaban J connectivity index is 2.11. The van der Waals surface area contributed by atoms with Crippen molar-refractivity contribution in [2.75, 3.05) is 31.8 Å². The van der Waals surface area contributed by atoms with Crippen LogP contribution in [0.5, 0.6) is 0 Å². The molecule has 2 saturated heterocycles. The predicted molar refractivity (Wildman–Crippen MR) is 56.5 cm³/mol. The zero-order valence-corrected chi connectivity index (χ0v) is 9.11. The third-order valence-corrected chi connectivity index (χ3v) is 9.48. The Labute approximate surface area is 75.9 Å². The summed E-state index contributed by atoms with van der Waals surface area (Å²) in [6.07, 6.45) is 11.4. The first-order chi connectivity index (χ1) is 5.71. The third kappa shape index (κ3) is 1.54. The molecule has 0 atom stereocenters. The molecular formula is C10H21OP. The van der Waals surface area contributed by atoms with Gasteiger partial charge in [-0.05, 0) is 0 Å². The van der Waals surface area contributed by atoms with Crippen LogP contribution in [0, 0.1) is 0 Å². The van der Waals surface area contributed by atoms with Gasteiger partial charge in [0.05, 0.1) is 0 Å². The van der Waals surface area contributed by atoms with Crippen molar-refractivity contribution in [3.8, 4) is 0 Å². The standard InChI is InChI=1S/C10H21OP/c1-12(8-4-2-5-9-12)10-6-3-7-11-12/h2-10H2,1H3. The average Bonchev–Trinajstić information content (AvgIpc) is 2.05. The Kier molecular flexibility index (Phi) is 2.21. The van der Waals surface area contributed by atoms with Crippen LogP contribution in [-0.4, -0.2) is 31.8 Å². The maximum atomic E-state index is 6.22. The molecule has 72 valence electrons. The molecule has 0 N–H and O–H groups in total. The van der Waals surface area contributed by atoms with E-state index in [1.54, 1.807) is 0 Å². The van der Waals surface area contributed by atoms with Crippen LogP contribution in [0.2, 0.25) is 0 Å². The summed E-state index contributed by atoms with van der Waals surface area (Å²) in [4.78, 5) is 0. The summed E-state index contributed by atoms with van der Waals surface area (Å²) in [7, 11) is 0. The average molecular weight is 188 g/mol.